The number of nitrogens with one attached hydrogen (secondary N) is 2. The lowest BCUT2D eigenvalue weighted by atomic mass is 9.87. The van der Waals surface area contributed by atoms with Gasteiger partial charge in [0, 0.05) is 19.0 Å². The minimum Gasteiger partial charge on any atom is -0.346 e. The fourth-order valence-corrected chi connectivity index (χ4v) is 2.64. The Labute approximate surface area is 124 Å². The Morgan fingerprint density at radius 2 is 2.05 bits per heavy atom. The van der Waals surface area contributed by atoms with Crippen molar-refractivity contribution in [3.8, 4) is 0 Å². The number of nitrogens with zero attached hydrogens (tertiary/aromatic N) is 2. The first-order valence-corrected chi connectivity index (χ1v) is 7.40. The van der Waals surface area contributed by atoms with E-state index in [0.717, 1.165) is 18.5 Å². The summed E-state index contributed by atoms with van der Waals surface area (Å²) in [7, 11) is 1.81. The van der Waals surface area contributed by atoms with E-state index in [0.29, 0.717) is 11.7 Å². The molecule has 1 fully saturated rings. The quantitative estimate of drug-likeness (QED) is 0.735. The van der Waals surface area contributed by atoms with Crippen molar-refractivity contribution in [2.24, 2.45) is 12.8 Å². The van der Waals surface area contributed by atoms with Gasteiger partial charge < -0.3 is 16.4 Å². The molecule has 7 heteroatoms. The minimum absolute atomic E-state index is 0.0834. The summed E-state index contributed by atoms with van der Waals surface area (Å²) in [5.41, 5.74) is 6.20. The van der Waals surface area contributed by atoms with Crippen LogP contribution in [0.1, 0.15) is 43.7 Å². The number of rotatable bonds is 5. The SMILES string of the molecule is Cn1nc(C2CCCCC2)cc1NC(=O)CNC(=O)CN. The van der Waals surface area contributed by atoms with Gasteiger partial charge in [0.15, 0.2) is 0 Å². The molecule has 1 aliphatic rings. The molecule has 7 nitrogen and oxygen atoms in total. The fraction of sp³-hybridized carbons (Fsp3) is 0.643. The molecule has 0 radical (unpaired) electrons. The standard InChI is InChI=1S/C14H23N5O2/c1-19-12(17-14(21)9-16-13(20)8-15)7-11(18-19)10-5-3-2-4-6-10/h7,10H,2-6,8-9,15H2,1H3,(H,16,20)(H,17,21). The summed E-state index contributed by atoms with van der Waals surface area (Å²) in [5.74, 6) is 0.517. The topological polar surface area (TPSA) is 102 Å². The Balaban J connectivity index is 1.92. The summed E-state index contributed by atoms with van der Waals surface area (Å²) in [4.78, 5) is 22.8. The second-order valence-electron chi connectivity index (χ2n) is 5.44. The first-order chi connectivity index (χ1) is 10.1. The molecule has 1 aromatic heterocycles. The molecule has 0 aliphatic heterocycles. The lowest BCUT2D eigenvalue weighted by molar-refractivity contribution is -0.123. The van der Waals surface area contributed by atoms with Gasteiger partial charge in [0.05, 0.1) is 18.8 Å². The van der Waals surface area contributed by atoms with Gasteiger partial charge in [-0.25, -0.2) is 0 Å². The van der Waals surface area contributed by atoms with E-state index in [-0.39, 0.29) is 24.9 Å². The predicted octanol–water partition coefficient (Wildman–Crippen LogP) is 0.481. The average molecular weight is 293 g/mol. The van der Waals surface area contributed by atoms with E-state index in [2.05, 4.69) is 15.7 Å². The lowest BCUT2D eigenvalue weighted by Gasteiger charge is -2.19. The van der Waals surface area contributed by atoms with Crippen LogP contribution in [0.25, 0.3) is 0 Å². The summed E-state index contributed by atoms with van der Waals surface area (Å²) < 4.78 is 1.67. The van der Waals surface area contributed by atoms with E-state index in [9.17, 15) is 9.59 Å². The highest BCUT2D eigenvalue weighted by molar-refractivity contribution is 5.94. The third-order valence-corrected chi connectivity index (χ3v) is 3.82. The first-order valence-electron chi connectivity index (χ1n) is 7.40. The molecule has 2 rings (SSSR count). The molecule has 0 bridgehead atoms. The Bertz CT molecular complexity index is 505. The second kappa shape index (κ2) is 7.21. The molecule has 0 unspecified atom stereocenters. The average Bonchev–Trinajstić information content (AvgIpc) is 2.86. The maximum Gasteiger partial charge on any atom is 0.244 e. The number of aryl methyl sites for hydroxylation is 1. The van der Waals surface area contributed by atoms with Crippen LogP contribution < -0.4 is 16.4 Å². The molecule has 0 aromatic carbocycles. The second-order valence-corrected chi connectivity index (χ2v) is 5.44. The zero-order chi connectivity index (χ0) is 15.2. The van der Waals surface area contributed by atoms with Gasteiger partial charge in [-0.15, -0.1) is 0 Å². The highest BCUT2D eigenvalue weighted by atomic mass is 16.2. The zero-order valence-corrected chi connectivity index (χ0v) is 12.4. The Morgan fingerprint density at radius 3 is 2.71 bits per heavy atom. The molecule has 1 saturated carbocycles. The molecule has 21 heavy (non-hydrogen) atoms. The van der Waals surface area contributed by atoms with Gasteiger partial charge in [-0.2, -0.15) is 5.10 Å². The van der Waals surface area contributed by atoms with Gasteiger partial charge in [0.25, 0.3) is 0 Å². The summed E-state index contributed by atoms with van der Waals surface area (Å²) in [6.45, 7) is -0.204. The maximum atomic E-state index is 11.8. The van der Waals surface area contributed by atoms with Gasteiger partial charge in [-0.1, -0.05) is 19.3 Å². The molecule has 0 atom stereocenters. The van der Waals surface area contributed by atoms with Crippen molar-refractivity contribution in [3.05, 3.63) is 11.8 Å². The Kier molecular flexibility index (Phi) is 5.32. The van der Waals surface area contributed by atoms with Crippen LogP contribution in [0.2, 0.25) is 0 Å². The van der Waals surface area contributed by atoms with E-state index in [4.69, 9.17) is 5.73 Å². The van der Waals surface area contributed by atoms with Crippen molar-refractivity contribution >= 4 is 17.6 Å². The molecular formula is C14H23N5O2. The minimum atomic E-state index is -0.349. The van der Waals surface area contributed by atoms with Crippen LogP contribution in [0.5, 0.6) is 0 Å². The van der Waals surface area contributed by atoms with Gasteiger partial charge in [-0.3, -0.25) is 14.3 Å². The number of hydrogen-bond donors (Lipinski definition) is 3. The monoisotopic (exact) mass is 293 g/mol. The number of nitrogens with two attached hydrogens (primary N) is 1. The lowest BCUT2D eigenvalue weighted by Crippen LogP contribution is -2.36. The number of hydrogen-bond acceptors (Lipinski definition) is 4. The summed E-state index contributed by atoms with van der Waals surface area (Å²) in [5, 5.41) is 9.68. The third-order valence-electron chi connectivity index (χ3n) is 3.82. The molecule has 1 aromatic rings. The van der Waals surface area contributed by atoms with Crippen LogP contribution in [0, 0.1) is 0 Å². The van der Waals surface area contributed by atoms with Crippen molar-refractivity contribution in [1.82, 2.24) is 15.1 Å². The van der Waals surface area contributed by atoms with Crippen molar-refractivity contribution in [2.75, 3.05) is 18.4 Å². The van der Waals surface area contributed by atoms with Crippen LogP contribution in [0.3, 0.4) is 0 Å². The molecule has 116 valence electrons. The number of amides is 2. The summed E-state index contributed by atoms with van der Waals surface area (Å²) >= 11 is 0. The van der Waals surface area contributed by atoms with Crippen molar-refractivity contribution in [3.63, 3.8) is 0 Å². The molecule has 1 aliphatic carbocycles. The van der Waals surface area contributed by atoms with E-state index in [1.54, 1.807) is 11.7 Å². The zero-order valence-electron chi connectivity index (χ0n) is 12.4. The Hall–Kier alpha value is -1.89. The van der Waals surface area contributed by atoms with E-state index in [1.807, 2.05) is 6.07 Å². The largest absolute Gasteiger partial charge is 0.346 e. The van der Waals surface area contributed by atoms with E-state index >= 15 is 0 Å². The molecule has 4 N–H and O–H groups in total. The van der Waals surface area contributed by atoms with Gasteiger partial charge in [0.1, 0.15) is 5.82 Å². The van der Waals surface area contributed by atoms with Crippen molar-refractivity contribution in [2.45, 2.75) is 38.0 Å². The van der Waals surface area contributed by atoms with Gasteiger partial charge >= 0.3 is 0 Å². The van der Waals surface area contributed by atoms with Crippen molar-refractivity contribution < 1.29 is 9.59 Å². The third kappa shape index (κ3) is 4.29. The molecule has 1 heterocycles. The summed E-state index contributed by atoms with van der Waals surface area (Å²) in [6.07, 6.45) is 6.11. The van der Waals surface area contributed by atoms with Crippen LogP contribution in [-0.4, -0.2) is 34.7 Å². The van der Waals surface area contributed by atoms with Crippen LogP contribution in [0.4, 0.5) is 5.82 Å². The van der Waals surface area contributed by atoms with E-state index in [1.165, 1.54) is 19.3 Å². The molecular weight excluding hydrogens is 270 g/mol. The molecule has 0 spiro atoms. The predicted molar refractivity (Wildman–Crippen MR) is 79.7 cm³/mol. The highest BCUT2D eigenvalue weighted by Crippen LogP contribution is 2.32. The van der Waals surface area contributed by atoms with Gasteiger partial charge in [0.2, 0.25) is 11.8 Å². The smallest absolute Gasteiger partial charge is 0.244 e. The number of anilines is 1. The normalized spacial score (nSPS) is 15.7. The maximum absolute atomic E-state index is 11.8. The highest BCUT2D eigenvalue weighted by Gasteiger charge is 2.19. The van der Waals surface area contributed by atoms with Crippen LogP contribution in [-0.2, 0) is 16.6 Å². The van der Waals surface area contributed by atoms with Crippen molar-refractivity contribution in [1.29, 1.82) is 0 Å². The number of carbonyl (C=O) groups is 2. The number of carbonyl (C=O) groups excluding carboxylic acids is 2. The fourth-order valence-electron chi connectivity index (χ4n) is 2.64. The van der Waals surface area contributed by atoms with E-state index < -0.39 is 0 Å². The molecule has 0 saturated heterocycles. The molecule has 2 amide bonds. The van der Waals surface area contributed by atoms with Crippen LogP contribution in [0.15, 0.2) is 6.07 Å². The first kappa shape index (κ1) is 15.5. The van der Waals surface area contributed by atoms with Crippen LogP contribution >= 0.6 is 0 Å². The summed E-state index contributed by atoms with van der Waals surface area (Å²) in [6, 6.07) is 1.93. The van der Waals surface area contributed by atoms with Gasteiger partial charge in [-0.05, 0) is 12.8 Å². The number of aromatic nitrogens is 2. The Morgan fingerprint density at radius 1 is 1.33 bits per heavy atom.